The fourth-order valence-corrected chi connectivity index (χ4v) is 11.1. The minimum absolute atomic E-state index is 0.00957. The molecular formula is C38H52O5. The van der Waals surface area contributed by atoms with Crippen LogP contribution in [0.5, 0.6) is 17.2 Å². The summed E-state index contributed by atoms with van der Waals surface area (Å²) in [5.41, 5.74) is 3.85. The number of aliphatic hydroxyl groups excluding tert-OH is 1. The smallest absolute Gasteiger partial charge is 0.165 e. The average Bonchev–Trinajstić information content (AvgIpc) is 3.32. The summed E-state index contributed by atoms with van der Waals surface area (Å²) in [5.74, 6) is 4.01. The standard InChI is InChI=1S/C38H52O5/c1-8-20-43-28-22-27(40-6)33-26(34(28)41-7)21-31-36(3)17-14-30-35(2,29(36)15-18-37(31,33)4)19-16-32(39)38(30,5)24-42-23-25-12-10-9-11-13-25/h8-13,22,29-32,39H,1,14-21,23-24H2,2-7H3/t29-,30-,31+,32+,35-,36-,37+,38+/m1/s1. The molecule has 0 aromatic heterocycles. The van der Waals surface area contributed by atoms with Gasteiger partial charge in [-0.25, -0.2) is 0 Å². The summed E-state index contributed by atoms with van der Waals surface area (Å²) in [7, 11) is 3.54. The van der Waals surface area contributed by atoms with E-state index in [2.05, 4.69) is 58.5 Å². The minimum atomic E-state index is -0.335. The van der Waals surface area contributed by atoms with Crippen LogP contribution in [0.25, 0.3) is 0 Å². The van der Waals surface area contributed by atoms with Crippen LogP contribution in [0, 0.1) is 34.0 Å². The van der Waals surface area contributed by atoms with Crippen molar-refractivity contribution in [1.82, 2.24) is 0 Å². The Balaban J connectivity index is 1.32. The number of benzene rings is 2. The van der Waals surface area contributed by atoms with E-state index in [0.717, 1.165) is 55.8 Å². The molecule has 0 radical (unpaired) electrons. The zero-order chi connectivity index (χ0) is 30.6. The largest absolute Gasteiger partial charge is 0.496 e. The van der Waals surface area contributed by atoms with Crippen molar-refractivity contribution in [3.05, 3.63) is 65.7 Å². The lowest BCUT2D eigenvalue weighted by Crippen LogP contribution is -2.64. The summed E-state index contributed by atoms with van der Waals surface area (Å²) in [5, 5.41) is 11.5. The number of methoxy groups -OCH3 is 2. The number of hydrogen-bond acceptors (Lipinski definition) is 5. The van der Waals surface area contributed by atoms with Gasteiger partial charge in [-0.3, -0.25) is 0 Å². The molecule has 0 amide bonds. The molecule has 0 unspecified atom stereocenters. The van der Waals surface area contributed by atoms with E-state index in [1.54, 1.807) is 20.3 Å². The minimum Gasteiger partial charge on any atom is -0.496 e. The summed E-state index contributed by atoms with van der Waals surface area (Å²) >= 11 is 0. The molecule has 0 heterocycles. The van der Waals surface area contributed by atoms with Crippen LogP contribution < -0.4 is 14.2 Å². The van der Waals surface area contributed by atoms with Gasteiger partial charge in [0.05, 0.1) is 33.5 Å². The first-order valence-corrected chi connectivity index (χ1v) is 16.4. The lowest BCUT2D eigenvalue weighted by molar-refractivity contribution is -0.219. The molecule has 0 saturated heterocycles. The summed E-state index contributed by atoms with van der Waals surface area (Å²) in [6.45, 7) is 15.4. The molecule has 4 aliphatic rings. The van der Waals surface area contributed by atoms with Crippen molar-refractivity contribution in [2.24, 2.45) is 34.0 Å². The molecule has 5 nitrogen and oxygen atoms in total. The molecule has 0 aliphatic heterocycles. The molecule has 1 N–H and O–H groups in total. The molecule has 8 atom stereocenters. The number of hydrogen-bond donors (Lipinski definition) is 1. The van der Waals surface area contributed by atoms with Crippen LogP contribution in [0.2, 0.25) is 0 Å². The summed E-state index contributed by atoms with van der Waals surface area (Å²) < 4.78 is 24.6. The molecule has 234 valence electrons. The van der Waals surface area contributed by atoms with Gasteiger partial charge in [-0.2, -0.15) is 0 Å². The van der Waals surface area contributed by atoms with Crippen molar-refractivity contribution in [2.45, 2.75) is 90.8 Å². The Hall–Kier alpha value is -2.50. The van der Waals surface area contributed by atoms with Crippen LogP contribution in [0.15, 0.2) is 49.1 Å². The molecule has 2 aromatic rings. The predicted octanol–water partition coefficient (Wildman–Crippen LogP) is 7.91. The number of aliphatic hydroxyl groups is 1. The Morgan fingerprint density at radius 1 is 0.884 bits per heavy atom. The highest BCUT2D eigenvalue weighted by molar-refractivity contribution is 5.63. The van der Waals surface area contributed by atoms with Crippen LogP contribution in [-0.4, -0.2) is 38.6 Å². The maximum atomic E-state index is 11.5. The van der Waals surface area contributed by atoms with Crippen molar-refractivity contribution < 1.29 is 24.1 Å². The van der Waals surface area contributed by atoms with Gasteiger partial charge in [-0.15, -0.1) is 0 Å². The highest BCUT2D eigenvalue weighted by Gasteiger charge is 2.68. The van der Waals surface area contributed by atoms with Crippen molar-refractivity contribution in [1.29, 1.82) is 0 Å². The quantitative estimate of drug-likeness (QED) is 0.302. The topological polar surface area (TPSA) is 57.2 Å². The van der Waals surface area contributed by atoms with Crippen LogP contribution in [0.1, 0.15) is 82.9 Å². The predicted molar refractivity (Wildman–Crippen MR) is 171 cm³/mol. The molecule has 3 saturated carbocycles. The van der Waals surface area contributed by atoms with Crippen LogP contribution >= 0.6 is 0 Å². The van der Waals surface area contributed by atoms with Gasteiger partial charge in [0.1, 0.15) is 12.4 Å². The van der Waals surface area contributed by atoms with Gasteiger partial charge in [-0.1, -0.05) is 70.7 Å². The number of fused-ring (bicyclic) bond motifs is 7. The number of rotatable bonds is 9. The van der Waals surface area contributed by atoms with E-state index < -0.39 is 0 Å². The summed E-state index contributed by atoms with van der Waals surface area (Å²) in [6, 6.07) is 12.4. The first-order valence-electron chi connectivity index (χ1n) is 16.4. The van der Waals surface area contributed by atoms with Crippen molar-refractivity contribution >= 4 is 0 Å². The van der Waals surface area contributed by atoms with E-state index in [0.29, 0.717) is 37.6 Å². The van der Waals surface area contributed by atoms with Crippen molar-refractivity contribution in [2.75, 3.05) is 27.4 Å². The maximum Gasteiger partial charge on any atom is 0.165 e. The number of ether oxygens (including phenoxy) is 4. The van der Waals surface area contributed by atoms with E-state index in [9.17, 15) is 5.11 Å². The Morgan fingerprint density at radius 2 is 1.58 bits per heavy atom. The monoisotopic (exact) mass is 588 g/mol. The molecule has 6 rings (SSSR count). The van der Waals surface area contributed by atoms with Crippen molar-refractivity contribution in [3.63, 3.8) is 0 Å². The molecule has 4 aliphatic carbocycles. The van der Waals surface area contributed by atoms with E-state index in [1.165, 1.54) is 23.1 Å². The molecule has 5 heteroatoms. The second kappa shape index (κ2) is 11.1. The zero-order valence-corrected chi connectivity index (χ0v) is 27.2. The molecule has 2 aromatic carbocycles. The lowest BCUT2D eigenvalue weighted by Gasteiger charge is -2.68. The Bertz CT molecular complexity index is 1340. The zero-order valence-electron chi connectivity index (χ0n) is 27.2. The molecule has 0 bridgehead atoms. The van der Waals surface area contributed by atoms with Gasteiger partial charge < -0.3 is 24.1 Å². The van der Waals surface area contributed by atoms with Gasteiger partial charge >= 0.3 is 0 Å². The third-order valence-corrected chi connectivity index (χ3v) is 13.0. The highest BCUT2D eigenvalue weighted by Crippen LogP contribution is 2.73. The second-order valence-corrected chi connectivity index (χ2v) is 15.0. The van der Waals surface area contributed by atoms with Crippen LogP contribution in [0.4, 0.5) is 0 Å². The van der Waals surface area contributed by atoms with Gasteiger partial charge in [0.25, 0.3) is 0 Å². The highest BCUT2D eigenvalue weighted by atomic mass is 16.5. The van der Waals surface area contributed by atoms with Crippen LogP contribution in [-0.2, 0) is 23.2 Å². The van der Waals surface area contributed by atoms with Gasteiger partial charge in [0, 0.05) is 28.0 Å². The Kier molecular flexibility index (Phi) is 7.91. The van der Waals surface area contributed by atoms with E-state index in [-0.39, 0.29) is 27.8 Å². The fourth-order valence-electron chi connectivity index (χ4n) is 11.1. The Morgan fingerprint density at radius 3 is 2.28 bits per heavy atom. The molecule has 0 spiro atoms. The third kappa shape index (κ3) is 4.55. The third-order valence-electron chi connectivity index (χ3n) is 13.0. The molecule has 3 fully saturated rings. The first kappa shape index (κ1) is 30.5. The summed E-state index contributed by atoms with van der Waals surface area (Å²) in [6.07, 6.45) is 8.94. The maximum absolute atomic E-state index is 11.5. The van der Waals surface area contributed by atoms with Gasteiger partial charge in [0.15, 0.2) is 11.5 Å². The lowest BCUT2D eigenvalue weighted by atomic mass is 9.37. The molecular weight excluding hydrogens is 536 g/mol. The van der Waals surface area contributed by atoms with Crippen molar-refractivity contribution in [3.8, 4) is 17.2 Å². The van der Waals surface area contributed by atoms with Gasteiger partial charge in [-0.05, 0) is 79.1 Å². The van der Waals surface area contributed by atoms with E-state index >= 15 is 0 Å². The SMILES string of the molecule is C=CCOc1cc(OC)c2c(c1OC)C[C@H]1[C@]3(C)CC[C@@H]4[C@](C)(CC[C@H](O)[C@@]4(C)COCc4ccccc4)[C@H]3CC[C@]21C. The van der Waals surface area contributed by atoms with E-state index in [4.69, 9.17) is 18.9 Å². The summed E-state index contributed by atoms with van der Waals surface area (Å²) in [4.78, 5) is 0. The Labute approximate surface area is 259 Å². The molecule has 43 heavy (non-hydrogen) atoms. The average molecular weight is 589 g/mol. The second-order valence-electron chi connectivity index (χ2n) is 15.0. The first-order chi connectivity index (χ1) is 20.6. The van der Waals surface area contributed by atoms with Crippen LogP contribution in [0.3, 0.4) is 0 Å². The van der Waals surface area contributed by atoms with E-state index in [1.807, 2.05) is 12.1 Å². The normalized spacial score (nSPS) is 37.8. The van der Waals surface area contributed by atoms with Gasteiger partial charge in [0.2, 0.25) is 0 Å². The fraction of sp³-hybridized carbons (Fsp3) is 0.632.